The fraction of sp³-hybridized carbons (Fsp3) is 0.0769. The summed E-state index contributed by atoms with van der Waals surface area (Å²) < 4.78 is 7.35. The van der Waals surface area contributed by atoms with Crippen LogP contribution < -0.4 is 10.5 Å². The number of hydrogen-bond donors (Lipinski definition) is 1. The highest BCUT2D eigenvalue weighted by molar-refractivity contribution is 7.98. The number of ether oxygens (including phenoxy) is 1. The normalized spacial score (nSPS) is 10.5. The zero-order valence-electron chi connectivity index (χ0n) is 11.2. The largest absolute Gasteiger partial charge is 0.423 e. The van der Waals surface area contributed by atoms with Crippen LogP contribution in [0.4, 0.5) is 5.95 Å². The van der Waals surface area contributed by atoms with Gasteiger partial charge in [-0.3, -0.25) is 4.57 Å². The maximum Gasteiger partial charge on any atom is 0.328 e. The minimum Gasteiger partial charge on any atom is -0.423 e. The third-order valence-corrected chi connectivity index (χ3v) is 3.40. The summed E-state index contributed by atoms with van der Waals surface area (Å²) in [6, 6.07) is 7.78. The van der Waals surface area contributed by atoms with Crippen molar-refractivity contribution < 1.29 is 4.74 Å². The van der Waals surface area contributed by atoms with Crippen molar-refractivity contribution >= 4 is 17.7 Å². The van der Waals surface area contributed by atoms with E-state index < -0.39 is 0 Å². The van der Waals surface area contributed by atoms with Crippen molar-refractivity contribution in [3.8, 4) is 17.7 Å². The van der Waals surface area contributed by atoms with Crippen LogP contribution in [0.5, 0.6) is 11.8 Å². The van der Waals surface area contributed by atoms with Crippen LogP contribution in [0.25, 0.3) is 5.95 Å². The van der Waals surface area contributed by atoms with Crippen LogP contribution in [0.2, 0.25) is 0 Å². The quantitative estimate of drug-likeness (QED) is 0.738. The number of anilines is 1. The molecule has 0 spiro atoms. The number of nitrogens with zero attached hydrogens (tertiary/aromatic N) is 5. The van der Waals surface area contributed by atoms with E-state index in [1.807, 2.05) is 30.5 Å². The molecule has 3 aromatic rings. The molecule has 0 unspecified atom stereocenters. The van der Waals surface area contributed by atoms with Crippen LogP contribution in [0.3, 0.4) is 0 Å². The minimum absolute atomic E-state index is 0.0883. The van der Waals surface area contributed by atoms with Crippen LogP contribution >= 0.6 is 11.8 Å². The zero-order valence-corrected chi connectivity index (χ0v) is 12.0. The smallest absolute Gasteiger partial charge is 0.328 e. The zero-order chi connectivity index (χ0) is 14.7. The molecule has 2 N–H and O–H groups in total. The van der Waals surface area contributed by atoms with Crippen LogP contribution in [0, 0.1) is 0 Å². The number of thioether (sulfide) groups is 1. The number of para-hydroxylation sites is 1. The fourth-order valence-corrected chi connectivity index (χ4v) is 2.23. The van der Waals surface area contributed by atoms with Gasteiger partial charge in [0.05, 0.1) is 0 Å². The molecule has 0 aliphatic rings. The second-order valence-electron chi connectivity index (χ2n) is 4.00. The molecule has 0 radical (unpaired) electrons. The molecule has 2 heterocycles. The van der Waals surface area contributed by atoms with Crippen LogP contribution in [0.1, 0.15) is 0 Å². The lowest BCUT2D eigenvalue weighted by molar-refractivity contribution is 0.429. The van der Waals surface area contributed by atoms with E-state index in [4.69, 9.17) is 10.5 Å². The Hall–Kier alpha value is -2.61. The molecule has 0 aliphatic heterocycles. The summed E-state index contributed by atoms with van der Waals surface area (Å²) in [6.07, 6.45) is 6.90. The summed E-state index contributed by atoms with van der Waals surface area (Å²) >= 11 is 1.58. The molecule has 8 heteroatoms. The number of rotatable bonds is 4. The number of hydrogen-bond acceptors (Lipinski definition) is 7. The molecule has 0 fully saturated rings. The summed E-state index contributed by atoms with van der Waals surface area (Å²) in [5.41, 5.74) is 5.71. The number of nitrogen functional groups attached to an aromatic ring is 1. The first-order chi connectivity index (χ1) is 10.3. The van der Waals surface area contributed by atoms with E-state index in [2.05, 4.69) is 19.9 Å². The maximum atomic E-state index is 5.72. The first-order valence-corrected chi connectivity index (χ1v) is 7.29. The molecule has 3 rings (SSSR count). The van der Waals surface area contributed by atoms with Crippen molar-refractivity contribution in [1.29, 1.82) is 0 Å². The lowest BCUT2D eigenvalue weighted by atomic mass is 10.3. The Morgan fingerprint density at radius 2 is 2.05 bits per heavy atom. The highest BCUT2D eigenvalue weighted by atomic mass is 32.2. The van der Waals surface area contributed by atoms with Gasteiger partial charge in [0.1, 0.15) is 12.1 Å². The average Bonchev–Trinajstić information content (AvgIpc) is 3.01. The van der Waals surface area contributed by atoms with Crippen LogP contribution in [-0.4, -0.2) is 30.8 Å². The first kappa shape index (κ1) is 13.4. The Kier molecular flexibility index (Phi) is 3.69. The number of benzene rings is 1. The van der Waals surface area contributed by atoms with Gasteiger partial charge in [-0.1, -0.05) is 12.1 Å². The van der Waals surface area contributed by atoms with Gasteiger partial charge in [-0.25, -0.2) is 4.98 Å². The Balaban J connectivity index is 1.96. The molecular weight excluding hydrogens is 288 g/mol. The monoisotopic (exact) mass is 300 g/mol. The lowest BCUT2D eigenvalue weighted by Crippen LogP contribution is -2.06. The summed E-state index contributed by atoms with van der Waals surface area (Å²) in [5, 5.41) is 0. The molecule has 21 heavy (non-hydrogen) atoms. The first-order valence-electron chi connectivity index (χ1n) is 6.07. The van der Waals surface area contributed by atoms with E-state index in [1.54, 1.807) is 35.0 Å². The van der Waals surface area contributed by atoms with Gasteiger partial charge < -0.3 is 10.5 Å². The van der Waals surface area contributed by atoms with E-state index in [9.17, 15) is 0 Å². The van der Waals surface area contributed by atoms with E-state index in [-0.39, 0.29) is 12.0 Å². The third-order valence-electron chi connectivity index (χ3n) is 2.63. The molecule has 106 valence electrons. The Labute approximate surface area is 125 Å². The standard InChI is InChI=1S/C13H12N6OS/c1-21-10-5-3-2-4-9(10)20-13-17-11(14)16-12(18-13)19-7-6-15-8-19/h2-8H,1H3,(H2,14,16,17,18). The van der Waals surface area contributed by atoms with Gasteiger partial charge in [0.15, 0.2) is 0 Å². The number of imidazole rings is 1. The van der Waals surface area contributed by atoms with Crippen LogP contribution in [-0.2, 0) is 0 Å². The molecule has 0 bridgehead atoms. The Morgan fingerprint density at radius 3 is 2.81 bits per heavy atom. The molecule has 0 saturated carbocycles. The summed E-state index contributed by atoms with van der Waals surface area (Å²) in [6.45, 7) is 0. The summed E-state index contributed by atoms with van der Waals surface area (Å²) in [5.74, 6) is 1.12. The molecule has 0 amide bonds. The SMILES string of the molecule is CSc1ccccc1Oc1nc(N)nc(-n2ccnc2)n1. The van der Waals surface area contributed by atoms with Gasteiger partial charge in [0.25, 0.3) is 0 Å². The molecular formula is C13H12N6OS. The second-order valence-corrected chi connectivity index (χ2v) is 4.85. The van der Waals surface area contributed by atoms with Gasteiger partial charge in [-0.05, 0) is 18.4 Å². The predicted molar refractivity (Wildman–Crippen MR) is 79.7 cm³/mol. The van der Waals surface area contributed by atoms with Crippen molar-refractivity contribution in [1.82, 2.24) is 24.5 Å². The van der Waals surface area contributed by atoms with Crippen LogP contribution in [0.15, 0.2) is 47.9 Å². The third kappa shape index (κ3) is 2.95. The van der Waals surface area contributed by atoms with Gasteiger partial charge in [-0.15, -0.1) is 11.8 Å². The topological polar surface area (TPSA) is 91.7 Å². The van der Waals surface area contributed by atoms with Crippen molar-refractivity contribution in [3.63, 3.8) is 0 Å². The van der Waals surface area contributed by atoms with E-state index in [1.165, 1.54) is 0 Å². The molecule has 0 saturated heterocycles. The number of nitrogens with two attached hydrogens (primary N) is 1. The Morgan fingerprint density at radius 1 is 1.19 bits per heavy atom. The predicted octanol–water partition coefficient (Wildman–Crippen LogP) is 2.15. The Bertz CT molecular complexity index is 746. The second kappa shape index (κ2) is 5.80. The van der Waals surface area contributed by atoms with Gasteiger partial charge in [-0.2, -0.15) is 15.0 Å². The van der Waals surface area contributed by atoms with Gasteiger partial charge in [0.2, 0.25) is 11.9 Å². The van der Waals surface area contributed by atoms with Crippen molar-refractivity contribution in [3.05, 3.63) is 43.0 Å². The molecule has 0 atom stereocenters. The number of aromatic nitrogens is 5. The van der Waals surface area contributed by atoms with Gasteiger partial charge in [0, 0.05) is 17.3 Å². The van der Waals surface area contributed by atoms with Crippen molar-refractivity contribution in [2.45, 2.75) is 4.90 Å². The molecule has 7 nitrogen and oxygen atoms in total. The summed E-state index contributed by atoms with van der Waals surface area (Å²) in [4.78, 5) is 17.2. The van der Waals surface area contributed by atoms with Crippen molar-refractivity contribution in [2.75, 3.05) is 12.0 Å². The molecule has 1 aromatic carbocycles. The van der Waals surface area contributed by atoms with E-state index >= 15 is 0 Å². The average molecular weight is 300 g/mol. The summed E-state index contributed by atoms with van der Waals surface area (Å²) in [7, 11) is 0. The minimum atomic E-state index is 0.0883. The van der Waals surface area contributed by atoms with E-state index in [0.29, 0.717) is 11.7 Å². The maximum absolute atomic E-state index is 5.72. The molecule has 2 aromatic heterocycles. The van der Waals surface area contributed by atoms with Gasteiger partial charge >= 0.3 is 6.01 Å². The lowest BCUT2D eigenvalue weighted by Gasteiger charge is -2.09. The molecule has 0 aliphatic carbocycles. The van der Waals surface area contributed by atoms with E-state index in [0.717, 1.165) is 4.90 Å². The fourth-order valence-electron chi connectivity index (χ4n) is 1.70. The highest BCUT2D eigenvalue weighted by Gasteiger charge is 2.10. The van der Waals surface area contributed by atoms with Crippen molar-refractivity contribution in [2.24, 2.45) is 0 Å². The highest BCUT2D eigenvalue weighted by Crippen LogP contribution is 2.30.